The normalized spacial score (nSPS) is 12.1. The number of nitrogens with zero attached hydrogens (tertiary/aromatic N) is 1. The van der Waals surface area contributed by atoms with Gasteiger partial charge in [-0.15, -0.1) is 11.3 Å². The van der Waals surface area contributed by atoms with Crippen LogP contribution in [0, 0.1) is 11.6 Å². The van der Waals surface area contributed by atoms with Crippen LogP contribution in [0.3, 0.4) is 0 Å². The number of halogens is 3. The third-order valence-corrected chi connectivity index (χ3v) is 6.08. The van der Waals surface area contributed by atoms with E-state index in [-0.39, 0.29) is 6.54 Å². The smallest absolute Gasteiger partial charge is 0.207 e. The minimum Gasteiger partial charge on any atom is -0.207 e. The average molecular weight is 382 g/mol. The summed E-state index contributed by atoms with van der Waals surface area (Å²) in [7, 11) is -2.74. The molecule has 3 nitrogen and oxygen atoms in total. The van der Waals surface area contributed by atoms with Crippen molar-refractivity contribution in [3.8, 4) is 0 Å². The molecule has 0 N–H and O–H groups in total. The van der Waals surface area contributed by atoms with Crippen LogP contribution < -0.4 is 0 Å². The van der Waals surface area contributed by atoms with Gasteiger partial charge in [0.2, 0.25) is 10.0 Å². The van der Waals surface area contributed by atoms with Crippen LogP contribution in [0.15, 0.2) is 39.0 Å². The van der Waals surface area contributed by atoms with Gasteiger partial charge < -0.3 is 0 Å². The quantitative estimate of drug-likeness (QED) is 0.810. The van der Waals surface area contributed by atoms with E-state index in [2.05, 4.69) is 15.9 Å². The van der Waals surface area contributed by atoms with Gasteiger partial charge in [0.05, 0.1) is 0 Å². The molecule has 8 heteroatoms. The first-order valence-electron chi connectivity index (χ1n) is 5.45. The molecule has 1 heterocycles. The third kappa shape index (κ3) is 3.25. The van der Waals surface area contributed by atoms with Crippen LogP contribution in [-0.2, 0) is 16.6 Å². The van der Waals surface area contributed by atoms with Crippen LogP contribution in [0.5, 0.6) is 0 Å². The number of hydrogen-bond acceptors (Lipinski definition) is 3. The van der Waals surface area contributed by atoms with Gasteiger partial charge in [-0.2, -0.15) is 4.31 Å². The lowest BCUT2D eigenvalue weighted by Gasteiger charge is -2.16. The molecule has 2 aromatic rings. The first-order chi connectivity index (χ1) is 9.30. The molecule has 0 aliphatic carbocycles. The molecule has 1 aromatic heterocycles. The summed E-state index contributed by atoms with van der Waals surface area (Å²) < 4.78 is 53.0. The Morgan fingerprint density at radius 1 is 1.30 bits per heavy atom. The SMILES string of the molecule is CN(Cc1cc(Br)cs1)S(=O)(=O)c1cc(F)ccc1F. The van der Waals surface area contributed by atoms with Crippen molar-refractivity contribution < 1.29 is 17.2 Å². The minimum absolute atomic E-state index is 0.0918. The second kappa shape index (κ2) is 5.88. The fraction of sp³-hybridized carbons (Fsp3) is 0.167. The number of benzene rings is 1. The minimum atomic E-state index is -4.07. The van der Waals surface area contributed by atoms with Gasteiger partial charge >= 0.3 is 0 Å². The fourth-order valence-electron chi connectivity index (χ4n) is 1.58. The molecule has 0 saturated carbocycles. The Bertz CT molecular complexity index is 731. The topological polar surface area (TPSA) is 37.4 Å². The zero-order chi connectivity index (χ0) is 14.9. The maximum atomic E-state index is 13.6. The highest BCUT2D eigenvalue weighted by atomic mass is 79.9. The van der Waals surface area contributed by atoms with Crippen molar-refractivity contribution in [2.24, 2.45) is 0 Å². The Hall–Kier alpha value is -0.830. The first-order valence-corrected chi connectivity index (χ1v) is 8.56. The van der Waals surface area contributed by atoms with Crippen molar-refractivity contribution in [3.63, 3.8) is 0 Å². The molecular weight excluding hydrogens is 372 g/mol. The lowest BCUT2D eigenvalue weighted by atomic mass is 10.3. The van der Waals surface area contributed by atoms with Crippen molar-refractivity contribution in [1.29, 1.82) is 0 Å². The molecule has 0 bridgehead atoms. The van der Waals surface area contributed by atoms with E-state index in [1.165, 1.54) is 18.4 Å². The molecular formula is C12H10BrF2NO2S2. The lowest BCUT2D eigenvalue weighted by Crippen LogP contribution is -2.27. The van der Waals surface area contributed by atoms with E-state index in [0.29, 0.717) is 6.07 Å². The van der Waals surface area contributed by atoms with Gasteiger partial charge in [0.1, 0.15) is 16.5 Å². The molecule has 0 spiro atoms. The zero-order valence-corrected chi connectivity index (χ0v) is 13.5. The van der Waals surface area contributed by atoms with Gasteiger partial charge in [-0.25, -0.2) is 17.2 Å². The van der Waals surface area contributed by atoms with Crippen molar-refractivity contribution in [2.45, 2.75) is 11.4 Å². The maximum absolute atomic E-state index is 13.6. The van der Waals surface area contributed by atoms with E-state index in [9.17, 15) is 17.2 Å². The molecule has 20 heavy (non-hydrogen) atoms. The van der Waals surface area contributed by atoms with Gasteiger partial charge in [-0.3, -0.25) is 0 Å². The van der Waals surface area contributed by atoms with Crippen LogP contribution in [0.4, 0.5) is 8.78 Å². The standard InChI is InChI=1S/C12H10BrF2NO2S2/c1-16(6-10-4-8(13)7-19-10)20(17,18)12-5-9(14)2-3-11(12)15/h2-5,7H,6H2,1H3. The predicted octanol–water partition coefficient (Wildman–Crippen LogP) is 3.61. The second-order valence-electron chi connectivity index (χ2n) is 4.07. The average Bonchev–Trinajstić information content (AvgIpc) is 2.77. The van der Waals surface area contributed by atoms with Gasteiger partial charge in [-0.05, 0) is 40.2 Å². The summed E-state index contributed by atoms with van der Waals surface area (Å²) in [5, 5.41) is 1.82. The monoisotopic (exact) mass is 381 g/mol. The Labute approximate surface area is 128 Å². The van der Waals surface area contributed by atoms with Crippen LogP contribution in [0.1, 0.15) is 4.88 Å². The summed E-state index contributed by atoms with van der Waals surface area (Å²) >= 11 is 4.65. The highest BCUT2D eigenvalue weighted by Gasteiger charge is 2.25. The number of hydrogen-bond donors (Lipinski definition) is 0. The van der Waals surface area contributed by atoms with Crippen LogP contribution in [0.2, 0.25) is 0 Å². The Kier molecular flexibility index (Phi) is 4.58. The molecule has 0 saturated heterocycles. The highest BCUT2D eigenvalue weighted by Crippen LogP contribution is 2.24. The van der Waals surface area contributed by atoms with Crippen LogP contribution in [-0.4, -0.2) is 19.8 Å². The summed E-state index contributed by atoms with van der Waals surface area (Å²) in [6.45, 7) is 0.0918. The molecule has 0 unspecified atom stereocenters. The zero-order valence-electron chi connectivity index (χ0n) is 10.3. The Balaban J connectivity index is 2.32. The Morgan fingerprint density at radius 3 is 2.60 bits per heavy atom. The molecule has 1 aromatic carbocycles. The van der Waals surface area contributed by atoms with Crippen molar-refractivity contribution in [1.82, 2.24) is 4.31 Å². The summed E-state index contributed by atoms with van der Waals surface area (Å²) in [4.78, 5) is 0.135. The van der Waals surface area contributed by atoms with Crippen molar-refractivity contribution in [3.05, 3.63) is 50.6 Å². The molecule has 108 valence electrons. The van der Waals surface area contributed by atoms with Crippen molar-refractivity contribution >= 4 is 37.3 Å². The van der Waals surface area contributed by atoms with E-state index < -0.39 is 26.6 Å². The van der Waals surface area contributed by atoms with E-state index in [1.54, 1.807) is 6.07 Å². The van der Waals surface area contributed by atoms with E-state index in [1.807, 2.05) is 5.38 Å². The largest absolute Gasteiger partial charge is 0.246 e. The third-order valence-electron chi connectivity index (χ3n) is 2.58. The van der Waals surface area contributed by atoms with Crippen LogP contribution in [0.25, 0.3) is 0 Å². The van der Waals surface area contributed by atoms with Gasteiger partial charge in [0, 0.05) is 28.3 Å². The number of rotatable bonds is 4. The van der Waals surface area contributed by atoms with E-state index >= 15 is 0 Å². The molecule has 0 amide bonds. The van der Waals surface area contributed by atoms with Crippen LogP contribution >= 0.6 is 27.3 Å². The van der Waals surface area contributed by atoms with E-state index in [0.717, 1.165) is 25.8 Å². The van der Waals surface area contributed by atoms with Crippen molar-refractivity contribution in [2.75, 3.05) is 7.05 Å². The summed E-state index contributed by atoms with van der Waals surface area (Å²) in [6.07, 6.45) is 0. The second-order valence-corrected chi connectivity index (χ2v) is 7.99. The van der Waals surface area contributed by atoms with Gasteiger partial charge in [0.15, 0.2) is 0 Å². The molecule has 0 aliphatic rings. The van der Waals surface area contributed by atoms with E-state index in [4.69, 9.17) is 0 Å². The molecule has 0 atom stereocenters. The summed E-state index contributed by atoms with van der Waals surface area (Å²) in [5.41, 5.74) is 0. The first kappa shape index (κ1) is 15.6. The number of thiophene rings is 1. The number of sulfonamides is 1. The summed E-state index contributed by atoms with van der Waals surface area (Å²) in [6, 6.07) is 4.15. The van der Waals surface area contributed by atoms with Gasteiger partial charge in [-0.1, -0.05) is 0 Å². The van der Waals surface area contributed by atoms with Gasteiger partial charge in [0.25, 0.3) is 0 Å². The fourth-order valence-corrected chi connectivity index (χ4v) is 4.39. The molecule has 0 aliphatic heterocycles. The predicted molar refractivity (Wildman–Crippen MR) is 77.0 cm³/mol. The highest BCUT2D eigenvalue weighted by molar-refractivity contribution is 9.10. The summed E-state index contributed by atoms with van der Waals surface area (Å²) in [5.74, 6) is -1.76. The Morgan fingerprint density at radius 2 is 2.00 bits per heavy atom. The molecule has 0 radical (unpaired) electrons. The molecule has 2 rings (SSSR count). The maximum Gasteiger partial charge on any atom is 0.246 e. The molecule has 0 fully saturated rings. The lowest BCUT2D eigenvalue weighted by molar-refractivity contribution is 0.460.